The van der Waals surface area contributed by atoms with Crippen LogP contribution < -0.4 is 5.32 Å². The second-order valence-corrected chi connectivity index (χ2v) is 6.54. The Morgan fingerprint density at radius 3 is 2.56 bits per heavy atom. The summed E-state index contributed by atoms with van der Waals surface area (Å²) in [6, 6.07) is 8.86. The number of rotatable bonds is 3. The van der Waals surface area contributed by atoms with E-state index in [0.717, 1.165) is 16.8 Å². The average Bonchev–Trinajstić information content (AvgIpc) is 2.77. The van der Waals surface area contributed by atoms with Gasteiger partial charge in [0.05, 0.1) is 16.4 Å². The van der Waals surface area contributed by atoms with Gasteiger partial charge >= 0.3 is 0 Å². The van der Waals surface area contributed by atoms with Gasteiger partial charge in [-0.05, 0) is 31.2 Å². The molecule has 25 heavy (non-hydrogen) atoms. The molecule has 1 heterocycles. The SMILES string of the molecule is Cc1nn(C)c(Nc2c(F)cccc2Cl)c1-c1ccc(F)cc1Br.[K]. The Kier molecular flexibility index (Phi) is 7.23. The molecule has 8 heteroatoms. The van der Waals surface area contributed by atoms with Crippen LogP contribution in [0.3, 0.4) is 0 Å². The average molecular weight is 452 g/mol. The molecule has 3 nitrogen and oxygen atoms in total. The van der Waals surface area contributed by atoms with Gasteiger partial charge in [0.15, 0.2) is 0 Å². The molecule has 1 N–H and O–H groups in total. The number of hydrogen-bond donors (Lipinski definition) is 1. The summed E-state index contributed by atoms with van der Waals surface area (Å²) < 4.78 is 29.7. The van der Waals surface area contributed by atoms with Crippen LogP contribution in [0, 0.1) is 18.6 Å². The zero-order valence-corrected chi connectivity index (χ0v) is 19.3. The van der Waals surface area contributed by atoms with E-state index in [1.807, 2.05) is 6.92 Å². The Morgan fingerprint density at radius 1 is 1.20 bits per heavy atom. The molecule has 0 amide bonds. The van der Waals surface area contributed by atoms with Crippen molar-refractivity contribution in [2.45, 2.75) is 6.92 Å². The summed E-state index contributed by atoms with van der Waals surface area (Å²) in [6.07, 6.45) is 0. The number of benzene rings is 2. The Bertz CT molecular complexity index is 910. The maximum atomic E-state index is 14.1. The van der Waals surface area contributed by atoms with Gasteiger partial charge in [-0.1, -0.05) is 39.7 Å². The summed E-state index contributed by atoms with van der Waals surface area (Å²) in [5.41, 5.74) is 2.38. The molecule has 3 rings (SSSR count). The van der Waals surface area contributed by atoms with Gasteiger partial charge in [-0.15, -0.1) is 0 Å². The van der Waals surface area contributed by atoms with Crippen LogP contribution in [0.4, 0.5) is 20.3 Å². The molecule has 0 saturated heterocycles. The van der Waals surface area contributed by atoms with Crippen molar-refractivity contribution in [3.05, 3.63) is 63.2 Å². The van der Waals surface area contributed by atoms with Crippen LogP contribution in [0.15, 0.2) is 40.9 Å². The molecule has 125 valence electrons. The predicted octanol–water partition coefficient (Wildman–Crippen LogP) is 5.45. The van der Waals surface area contributed by atoms with E-state index < -0.39 is 5.82 Å². The van der Waals surface area contributed by atoms with E-state index >= 15 is 0 Å². The van der Waals surface area contributed by atoms with E-state index in [-0.39, 0.29) is 67.9 Å². The Hall–Kier alpha value is -0.284. The molecule has 1 radical (unpaired) electrons. The van der Waals surface area contributed by atoms with Crippen LogP contribution in [-0.4, -0.2) is 61.2 Å². The topological polar surface area (TPSA) is 29.9 Å². The maximum Gasteiger partial charge on any atom is 0.148 e. The quantitative estimate of drug-likeness (QED) is 0.537. The molecule has 0 aliphatic rings. The fraction of sp³-hybridized carbons (Fsp3) is 0.118. The maximum absolute atomic E-state index is 14.1. The number of hydrogen-bond acceptors (Lipinski definition) is 2. The summed E-state index contributed by atoms with van der Waals surface area (Å²) in [4.78, 5) is 0. The van der Waals surface area contributed by atoms with Gasteiger partial charge in [0.2, 0.25) is 0 Å². The number of aryl methyl sites for hydroxylation is 2. The summed E-state index contributed by atoms with van der Waals surface area (Å²) >= 11 is 9.47. The number of halogens is 4. The summed E-state index contributed by atoms with van der Waals surface area (Å²) in [5.74, 6) is -0.254. The van der Waals surface area contributed by atoms with Crippen molar-refractivity contribution in [3.8, 4) is 11.1 Å². The molecule has 0 unspecified atom stereocenters. The minimum absolute atomic E-state index is 0. The smallest absolute Gasteiger partial charge is 0.148 e. The zero-order valence-electron chi connectivity index (χ0n) is 13.9. The molecule has 0 saturated carbocycles. The molecule has 0 atom stereocenters. The first-order valence-electron chi connectivity index (χ1n) is 7.08. The van der Waals surface area contributed by atoms with Gasteiger partial charge in [-0.25, -0.2) is 8.78 Å². The van der Waals surface area contributed by atoms with Gasteiger partial charge < -0.3 is 5.32 Å². The minimum atomic E-state index is -0.467. The molecule has 0 fully saturated rings. The first kappa shape index (κ1) is 21.0. The molecular weight excluding hydrogens is 439 g/mol. The second kappa shape index (κ2) is 8.60. The Morgan fingerprint density at radius 2 is 1.92 bits per heavy atom. The van der Waals surface area contributed by atoms with Gasteiger partial charge in [0, 0.05) is 74.0 Å². The summed E-state index contributed by atoms with van der Waals surface area (Å²) in [5, 5.41) is 7.66. The van der Waals surface area contributed by atoms with Crippen molar-refractivity contribution in [2.75, 3.05) is 5.32 Å². The fourth-order valence-electron chi connectivity index (χ4n) is 2.55. The first-order valence-corrected chi connectivity index (χ1v) is 8.25. The molecule has 0 aliphatic carbocycles. The van der Waals surface area contributed by atoms with E-state index in [1.54, 1.807) is 23.9 Å². The first-order chi connectivity index (χ1) is 11.4. The normalized spacial score (nSPS) is 10.5. The molecule has 0 spiro atoms. The molecular formula is C17H13BrClF2KN3. The van der Waals surface area contributed by atoms with E-state index in [9.17, 15) is 8.78 Å². The van der Waals surface area contributed by atoms with Crippen molar-refractivity contribution >= 4 is 90.4 Å². The van der Waals surface area contributed by atoms with E-state index in [2.05, 4.69) is 26.3 Å². The summed E-state index contributed by atoms with van der Waals surface area (Å²) in [6.45, 7) is 1.83. The third kappa shape index (κ3) is 4.35. The zero-order chi connectivity index (χ0) is 17.4. The van der Waals surface area contributed by atoms with Crippen LogP contribution in [0.2, 0.25) is 5.02 Å². The van der Waals surface area contributed by atoms with E-state index in [1.165, 1.54) is 24.3 Å². The standard InChI is InChI=1S/C17H13BrClF2N3.K/c1-9-15(11-7-6-10(20)8-12(11)18)17(24(2)23-9)22-16-13(19)4-3-5-14(16)21;/h3-8,22H,1-2H3;. The third-order valence-electron chi connectivity index (χ3n) is 3.63. The number of aromatic nitrogens is 2. The van der Waals surface area contributed by atoms with Gasteiger partial charge in [-0.3, -0.25) is 4.68 Å². The van der Waals surface area contributed by atoms with Gasteiger partial charge in [0.25, 0.3) is 0 Å². The largest absolute Gasteiger partial charge is 0.336 e. The van der Waals surface area contributed by atoms with E-state index in [4.69, 9.17) is 11.6 Å². The van der Waals surface area contributed by atoms with Gasteiger partial charge in [-0.2, -0.15) is 5.10 Å². The predicted molar refractivity (Wildman–Crippen MR) is 101 cm³/mol. The van der Waals surface area contributed by atoms with Crippen LogP contribution in [-0.2, 0) is 7.05 Å². The third-order valence-corrected chi connectivity index (χ3v) is 4.60. The fourth-order valence-corrected chi connectivity index (χ4v) is 3.31. The van der Waals surface area contributed by atoms with Crippen LogP contribution in [0.1, 0.15) is 5.69 Å². The van der Waals surface area contributed by atoms with Crippen molar-refractivity contribution in [3.63, 3.8) is 0 Å². The summed E-state index contributed by atoms with van der Waals surface area (Å²) in [7, 11) is 1.74. The Labute approximate surface area is 200 Å². The number of nitrogens with one attached hydrogen (secondary N) is 1. The van der Waals surface area contributed by atoms with E-state index in [0.29, 0.717) is 10.3 Å². The molecule has 3 aromatic rings. The van der Waals surface area contributed by atoms with Crippen LogP contribution in [0.25, 0.3) is 11.1 Å². The Balaban J connectivity index is 0.00000225. The van der Waals surface area contributed by atoms with Crippen molar-refractivity contribution in [2.24, 2.45) is 7.05 Å². The van der Waals surface area contributed by atoms with Crippen molar-refractivity contribution in [1.82, 2.24) is 9.78 Å². The second-order valence-electron chi connectivity index (χ2n) is 5.28. The monoisotopic (exact) mass is 450 g/mol. The number of anilines is 2. The van der Waals surface area contributed by atoms with Gasteiger partial charge in [0.1, 0.15) is 17.5 Å². The number of nitrogens with zero attached hydrogens (tertiary/aromatic N) is 2. The van der Waals surface area contributed by atoms with Crippen molar-refractivity contribution in [1.29, 1.82) is 0 Å². The molecule has 1 aromatic heterocycles. The minimum Gasteiger partial charge on any atom is -0.336 e. The van der Waals surface area contributed by atoms with Crippen LogP contribution in [0.5, 0.6) is 0 Å². The molecule has 2 aromatic carbocycles. The number of para-hydroxylation sites is 1. The molecule has 0 aliphatic heterocycles. The van der Waals surface area contributed by atoms with Crippen molar-refractivity contribution < 1.29 is 8.78 Å². The molecule has 0 bridgehead atoms. The van der Waals surface area contributed by atoms with Crippen LogP contribution >= 0.6 is 27.5 Å².